The summed E-state index contributed by atoms with van der Waals surface area (Å²) in [6.45, 7) is 3.08. The molecule has 100 valence electrons. The maximum atomic E-state index is 5.02. The molecule has 1 atom stereocenters. The van der Waals surface area contributed by atoms with Crippen LogP contribution in [0.4, 0.5) is 5.95 Å². The number of ether oxygens (including phenoxy) is 1. The molecular weight excluding hydrogens is 238 g/mol. The molecule has 0 aliphatic carbocycles. The summed E-state index contributed by atoms with van der Waals surface area (Å²) in [4.78, 5) is 8.34. The van der Waals surface area contributed by atoms with Crippen molar-refractivity contribution < 1.29 is 4.74 Å². The van der Waals surface area contributed by atoms with E-state index >= 15 is 0 Å². The zero-order valence-corrected chi connectivity index (χ0v) is 11.3. The third-order valence-corrected chi connectivity index (χ3v) is 3.09. The van der Waals surface area contributed by atoms with E-state index in [0.717, 1.165) is 13.0 Å². The van der Waals surface area contributed by atoms with Gasteiger partial charge in [0.2, 0.25) is 5.95 Å². The number of nitrogens with zero attached hydrogens (tertiary/aromatic N) is 2. The molecule has 0 aliphatic heterocycles. The number of methoxy groups -OCH3 is 1. The van der Waals surface area contributed by atoms with Gasteiger partial charge in [0.1, 0.15) is 0 Å². The van der Waals surface area contributed by atoms with Crippen LogP contribution in [0.3, 0.4) is 0 Å². The fraction of sp³-hybridized carbons (Fsp3) is 0.333. The van der Waals surface area contributed by atoms with E-state index in [-0.39, 0.29) is 0 Å². The first kappa shape index (κ1) is 13.3. The van der Waals surface area contributed by atoms with Crippen molar-refractivity contribution in [3.63, 3.8) is 0 Å². The largest absolute Gasteiger partial charge is 0.494 e. The minimum Gasteiger partial charge on any atom is -0.494 e. The quantitative estimate of drug-likeness (QED) is 0.863. The first-order valence-electron chi connectivity index (χ1n) is 6.44. The van der Waals surface area contributed by atoms with Crippen LogP contribution in [-0.4, -0.2) is 23.6 Å². The number of anilines is 1. The van der Waals surface area contributed by atoms with E-state index in [4.69, 9.17) is 4.74 Å². The van der Waals surface area contributed by atoms with Crippen LogP contribution in [0, 0.1) is 0 Å². The van der Waals surface area contributed by atoms with Gasteiger partial charge < -0.3 is 10.1 Å². The number of benzene rings is 1. The van der Waals surface area contributed by atoms with Gasteiger partial charge in [-0.05, 0) is 17.9 Å². The Labute approximate surface area is 113 Å². The number of hydrogen-bond donors (Lipinski definition) is 1. The van der Waals surface area contributed by atoms with Crippen molar-refractivity contribution in [1.29, 1.82) is 0 Å². The van der Waals surface area contributed by atoms with Gasteiger partial charge in [0.15, 0.2) is 5.75 Å². The molecule has 4 nitrogen and oxygen atoms in total. The smallest absolute Gasteiger partial charge is 0.222 e. The van der Waals surface area contributed by atoms with Gasteiger partial charge in [0, 0.05) is 6.54 Å². The van der Waals surface area contributed by atoms with E-state index in [2.05, 4.69) is 46.5 Å². The summed E-state index contributed by atoms with van der Waals surface area (Å²) in [5.41, 5.74) is 1.36. The molecule has 0 saturated heterocycles. The molecule has 2 rings (SSSR count). The Kier molecular flexibility index (Phi) is 4.72. The molecule has 0 aliphatic rings. The molecule has 0 fully saturated rings. The Bertz CT molecular complexity index is 485. The summed E-state index contributed by atoms with van der Waals surface area (Å²) >= 11 is 0. The summed E-state index contributed by atoms with van der Waals surface area (Å²) < 4.78 is 5.02. The summed E-state index contributed by atoms with van der Waals surface area (Å²) in [5.74, 6) is 1.83. The molecule has 1 aromatic heterocycles. The molecule has 4 heteroatoms. The lowest BCUT2D eigenvalue weighted by atomic mass is 9.98. The third kappa shape index (κ3) is 3.95. The monoisotopic (exact) mass is 257 g/mol. The van der Waals surface area contributed by atoms with Gasteiger partial charge in [-0.25, -0.2) is 9.97 Å². The van der Waals surface area contributed by atoms with Gasteiger partial charge in [-0.1, -0.05) is 37.3 Å². The topological polar surface area (TPSA) is 47.0 Å². The Morgan fingerprint density at radius 3 is 2.47 bits per heavy atom. The minimum absolute atomic E-state index is 0.520. The minimum atomic E-state index is 0.520. The van der Waals surface area contributed by atoms with Crippen molar-refractivity contribution in [2.75, 3.05) is 19.0 Å². The van der Waals surface area contributed by atoms with Gasteiger partial charge in [-0.2, -0.15) is 0 Å². The summed E-state index contributed by atoms with van der Waals surface area (Å²) in [6.07, 6.45) is 4.37. The highest BCUT2D eigenvalue weighted by molar-refractivity contribution is 5.27. The van der Waals surface area contributed by atoms with Crippen LogP contribution >= 0.6 is 0 Å². The summed E-state index contributed by atoms with van der Waals surface area (Å²) in [5, 5.41) is 3.22. The first-order chi connectivity index (χ1) is 9.29. The van der Waals surface area contributed by atoms with Gasteiger partial charge in [-0.15, -0.1) is 0 Å². The van der Waals surface area contributed by atoms with Crippen molar-refractivity contribution in [2.24, 2.45) is 0 Å². The second kappa shape index (κ2) is 6.73. The highest BCUT2D eigenvalue weighted by atomic mass is 16.5. The van der Waals surface area contributed by atoms with Gasteiger partial charge >= 0.3 is 0 Å². The summed E-state index contributed by atoms with van der Waals surface area (Å²) in [7, 11) is 1.60. The van der Waals surface area contributed by atoms with E-state index < -0.39 is 0 Å². The lowest BCUT2D eigenvalue weighted by molar-refractivity contribution is 0.411. The van der Waals surface area contributed by atoms with Crippen LogP contribution in [0.1, 0.15) is 24.8 Å². The molecule has 1 unspecified atom stereocenters. The molecule has 0 bridgehead atoms. The van der Waals surface area contributed by atoms with Crippen LogP contribution in [0.5, 0.6) is 5.75 Å². The lowest BCUT2D eigenvalue weighted by Gasteiger charge is -2.12. The van der Waals surface area contributed by atoms with Crippen molar-refractivity contribution in [1.82, 2.24) is 9.97 Å². The maximum absolute atomic E-state index is 5.02. The van der Waals surface area contributed by atoms with E-state index in [1.54, 1.807) is 19.5 Å². The second-order valence-electron chi connectivity index (χ2n) is 4.47. The van der Waals surface area contributed by atoms with Crippen molar-refractivity contribution in [3.05, 3.63) is 48.3 Å². The number of nitrogens with one attached hydrogen (secondary N) is 1. The van der Waals surface area contributed by atoms with Crippen LogP contribution in [0.25, 0.3) is 0 Å². The Hall–Kier alpha value is -2.10. The SMILES string of the molecule is COc1cnc(NCCC(C)c2ccccc2)nc1. The van der Waals surface area contributed by atoms with Crippen molar-refractivity contribution >= 4 is 5.95 Å². The highest BCUT2D eigenvalue weighted by Crippen LogP contribution is 2.18. The van der Waals surface area contributed by atoms with Crippen LogP contribution in [0.2, 0.25) is 0 Å². The van der Waals surface area contributed by atoms with E-state index in [1.165, 1.54) is 5.56 Å². The average Bonchev–Trinajstić information content (AvgIpc) is 2.49. The number of aromatic nitrogens is 2. The molecule has 0 saturated carbocycles. The van der Waals surface area contributed by atoms with Crippen molar-refractivity contribution in [3.8, 4) is 5.75 Å². The normalized spacial score (nSPS) is 11.9. The predicted octanol–water partition coefficient (Wildman–Crippen LogP) is 3.09. The molecule has 1 N–H and O–H groups in total. The Morgan fingerprint density at radius 2 is 1.84 bits per heavy atom. The van der Waals surface area contributed by atoms with E-state index in [9.17, 15) is 0 Å². The number of rotatable bonds is 6. The summed E-state index contributed by atoms with van der Waals surface area (Å²) in [6, 6.07) is 10.5. The first-order valence-corrected chi connectivity index (χ1v) is 6.44. The van der Waals surface area contributed by atoms with E-state index in [1.807, 2.05) is 6.07 Å². The predicted molar refractivity (Wildman–Crippen MR) is 76.5 cm³/mol. The van der Waals surface area contributed by atoms with Gasteiger partial charge in [0.25, 0.3) is 0 Å². The fourth-order valence-corrected chi connectivity index (χ4v) is 1.86. The average molecular weight is 257 g/mol. The molecule has 1 aromatic carbocycles. The zero-order valence-electron chi connectivity index (χ0n) is 11.3. The van der Waals surface area contributed by atoms with E-state index in [0.29, 0.717) is 17.6 Å². The van der Waals surface area contributed by atoms with Crippen LogP contribution in [-0.2, 0) is 0 Å². The standard InChI is InChI=1S/C15H19N3O/c1-12(13-6-4-3-5-7-13)8-9-16-15-17-10-14(19-2)11-18-15/h3-7,10-12H,8-9H2,1-2H3,(H,16,17,18). The highest BCUT2D eigenvalue weighted by Gasteiger charge is 2.04. The molecule has 0 spiro atoms. The van der Waals surface area contributed by atoms with Gasteiger partial charge in [-0.3, -0.25) is 0 Å². The third-order valence-electron chi connectivity index (χ3n) is 3.09. The Morgan fingerprint density at radius 1 is 1.16 bits per heavy atom. The van der Waals surface area contributed by atoms with Crippen LogP contribution < -0.4 is 10.1 Å². The zero-order chi connectivity index (χ0) is 13.5. The second-order valence-corrected chi connectivity index (χ2v) is 4.47. The molecule has 2 aromatic rings. The van der Waals surface area contributed by atoms with Gasteiger partial charge in [0.05, 0.1) is 19.5 Å². The molecule has 0 amide bonds. The number of hydrogen-bond acceptors (Lipinski definition) is 4. The van der Waals surface area contributed by atoms with Crippen LogP contribution in [0.15, 0.2) is 42.7 Å². The Balaban J connectivity index is 1.79. The fourth-order valence-electron chi connectivity index (χ4n) is 1.86. The van der Waals surface area contributed by atoms with Crippen molar-refractivity contribution in [2.45, 2.75) is 19.3 Å². The maximum Gasteiger partial charge on any atom is 0.222 e. The molecule has 0 radical (unpaired) electrons. The molecular formula is C15H19N3O. The molecule has 19 heavy (non-hydrogen) atoms. The lowest BCUT2D eigenvalue weighted by Crippen LogP contribution is -2.08. The molecule has 1 heterocycles.